The van der Waals surface area contributed by atoms with E-state index in [1.54, 1.807) is 0 Å². The van der Waals surface area contributed by atoms with Crippen molar-refractivity contribution in [1.29, 1.82) is 0 Å². The van der Waals surface area contributed by atoms with Gasteiger partial charge in [0.2, 0.25) is 0 Å². The summed E-state index contributed by atoms with van der Waals surface area (Å²) in [6.45, 7) is 1.85. The fourth-order valence-electron chi connectivity index (χ4n) is 2.12. The van der Waals surface area contributed by atoms with Crippen LogP contribution >= 0.6 is 0 Å². The number of rotatable bonds is 14. The topological polar surface area (TPSA) is 77.8 Å². The molecule has 0 amide bonds. The first kappa shape index (κ1) is 20.9. The molecule has 2 atom stereocenters. The Morgan fingerprint density at radius 2 is 1.55 bits per heavy atom. The zero-order valence-electron chi connectivity index (χ0n) is 13.8. The van der Waals surface area contributed by atoms with Crippen LogP contribution in [0.25, 0.3) is 0 Å². The van der Waals surface area contributed by atoms with Gasteiger partial charge in [-0.05, 0) is 38.5 Å². The van der Waals surface area contributed by atoms with Crippen LogP contribution in [0.5, 0.6) is 0 Å². The minimum atomic E-state index is -0.701. The van der Waals surface area contributed by atoms with Crippen molar-refractivity contribution in [1.82, 2.24) is 0 Å². The molecule has 0 aliphatic carbocycles. The summed E-state index contributed by atoms with van der Waals surface area (Å²) in [6.07, 6.45) is 15.4. The van der Waals surface area contributed by atoms with E-state index in [-0.39, 0.29) is 6.42 Å². The first-order valence-corrected chi connectivity index (χ1v) is 8.45. The van der Waals surface area contributed by atoms with Crippen molar-refractivity contribution >= 4 is 5.97 Å². The highest BCUT2D eigenvalue weighted by Crippen LogP contribution is 2.08. The van der Waals surface area contributed by atoms with Crippen molar-refractivity contribution in [2.45, 2.75) is 83.3 Å². The lowest BCUT2D eigenvalue weighted by Crippen LogP contribution is -2.23. The molecule has 0 heterocycles. The van der Waals surface area contributed by atoms with Crippen LogP contribution in [0, 0.1) is 0 Å². The Bertz CT molecular complexity index is 323. The fourth-order valence-corrected chi connectivity index (χ4v) is 2.12. The monoisotopic (exact) mass is 312 g/mol. The smallest absolute Gasteiger partial charge is 0.303 e. The van der Waals surface area contributed by atoms with Gasteiger partial charge in [0.25, 0.3) is 0 Å². The average molecular weight is 312 g/mol. The average Bonchev–Trinajstić information content (AvgIpc) is 2.50. The van der Waals surface area contributed by atoms with Crippen LogP contribution in [0.1, 0.15) is 71.1 Å². The van der Waals surface area contributed by atoms with Crippen LogP contribution < -0.4 is 0 Å². The largest absolute Gasteiger partial charge is 0.481 e. The van der Waals surface area contributed by atoms with Crippen molar-refractivity contribution < 1.29 is 20.1 Å². The predicted octanol–water partition coefficient (Wildman–Crippen LogP) is 3.83. The Labute approximate surface area is 134 Å². The maximum atomic E-state index is 10.3. The minimum absolute atomic E-state index is 0.288. The zero-order valence-corrected chi connectivity index (χ0v) is 13.8. The third-order valence-corrected chi connectivity index (χ3v) is 3.61. The number of unbranched alkanes of at least 4 members (excludes halogenated alkanes) is 5. The molecule has 0 spiro atoms. The van der Waals surface area contributed by atoms with Crippen molar-refractivity contribution in [3.8, 4) is 0 Å². The van der Waals surface area contributed by atoms with E-state index < -0.39 is 18.2 Å². The van der Waals surface area contributed by atoms with E-state index in [2.05, 4.69) is 12.2 Å². The van der Waals surface area contributed by atoms with E-state index >= 15 is 0 Å². The number of carboxylic acids is 1. The maximum absolute atomic E-state index is 10.3. The van der Waals surface area contributed by atoms with Crippen molar-refractivity contribution in [3.63, 3.8) is 0 Å². The standard InChI is InChI=1S/C18H32O4/c1-2-16(19)17(20)14-12-10-8-6-4-3-5-7-9-11-13-15-18(21)22/h4,6,10,12,16-17,19-20H,2-3,5,7-9,11,13-15H2,1H3,(H,21,22)/b6-4-,12-10-. The molecule has 0 aliphatic heterocycles. The van der Waals surface area contributed by atoms with Crippen molar-refractivity contribution in [3.05, 3.63) is 24.3 Å². The summed E-state index contributed by atoms with van der Waals surface area (Å²) >= 11 is 0. The van der Waals surface area contributed by atoms with Crippen LogP contribution in [0.2, 0.25) is 0 Å². The molecule has 0 saturated heterocycles. The van der Waals surface area contributed by atoms with Crippen LogP contribution in [-0.2, 0) is 4.79 Å². The molecular weight excluding hydrogens is 280 g/mol. The first-order chi connectivity index (χ1) is 10.6. The Morgan fingerprint density at radius 1 is 0.909 bits per heavy atom. The van der Waals surface area contributed by atoms with E-state index in [0.717, 1.165) is 44.9 Å². The Hall–Kier alpha value is -1.13. The summed E-state index contributed by atoms with van der Waals surface area (Å²) in [5.41, 5.74) is 0. The first-order valence-electron chi connectivity index (χ1n) is 8.45. The molecule has 0 aromatic heterocycles. The number of aliphatic hydroxyl groups is 2. The van der Waals surface area contributed by atoms with Gasteiger partial charge < -0.3 is 15.3 Å². The summed E-state index contributed by atoms with van der Waals surface area (Å²) < 4.78 is 0. The predicted molar refractivity (Wildman–Crippen MR) is 89.8 cm³/mol. The van der Waals surface area contributed by atoms with Crippen molar-refractivity contribution in [2.24, 2.45) is 0 Å². The molecule has 3 N–H and O–H groups in total. The van der Waals surface area contributed by atoms with Gasteiger partial charge in [-0.2, -0.15) is 0 Å². The highest BCUT2D eigenvalue weighted by Gasteiger charge is 2.11. The second kappa shape index (κ2) is 14.8. The van der Waals surface area contributed by atoms with Crippen LogP contribution in [-0.4, -0.2) is 33.5 Å². The Balaban J connectivity index is 3.39. The normalized spacial score (nSPS) is 14.7. The lowest BCUT2D eigenvalue weighted by Gasteiger charge is -2.13. The molecule has 128 valence electrons. The molecule has 0 aromatic carbocycles. The lowest BCUT2D eigenvalue weighted by molar-refractivity contribution is -0.137. The molecular formula is C18H32O4. The number of carbonyl (C=O) groups is 1. The summed E-state index contributed by atoms with van der Waals surface area (Å²) in [7, 11) is 0. The molecule has 0 fully saturated rings. The van der Waals surface area contributed by atoms with Gasteiger partial charge in [-0.25, -0.2) is 0 Å². The van der Waals surface area contributed by atoms with E-state index in [1.165, 1.54) is 0 Å². The van der Waals surface area contributed by atoms with Crippen LogP contribution in [0.4, 0.5) is 0 Å². The number of hydrogen-bond acceptors (Lipinski definition) is 3. The summed E-state index contributed by atoms with van der Waals surface area (Å²) in [5.74, 6) is -0.701. The molecule has 4 heteroatoms. The third-order valence-electron chi connectivity index (χ3n) is 3.61. The number of hydrogen-bond donors (Lipinski definition) is 3. The Kier molecular flexibility index (Phi) is 14.0. The molecule has 22 heavy (non-hydrogen) atoms. The number of aliphatic carboxylic acids is 1. The lowest BCUT2D eigenvalue weighted by atomic mass is 10.1. The van der Waals surface area contributed by atoms with Gasteiger partial charge in [0.15, 0.2) is 0 Å². The van der Waals surface area contributed by atoms with Crippen LogP contribution in [0.15, 0.2) is 24.3 Å². The van der Waals surface area contributed by atoms with Gasteiger partial charge >= 0.3 is 5.97 Å². The molecule has 0 saturated carbocycles. The molecule has 0 bridgehead atoms. The van der Waals surface area contributed by atoms with Gasteiger partial charge in [-0.15, -0.1) is 0 Å². The SMILES string of the molecule is CCC(O)C(O)C/C=C\C/C=C\CCCCCCCC(=O)O. The number of allylic oxidation sites excluding steroid dienone is 3. The van der Waals surface area contributed by atoms with Crippen molar-refractivity contribution in [2.75, 3.05) is 0 Å². The minimum Gasteiger partial charge on any atom is -0.481 e. The molecule has 2 unspecified atom stereocenters. The maximum Gasteiger partial charge on any atom is 0.303 e. The molecule has 0 aliphatic rings. The highest BCUT2D eigenvalue weighted by molar-refractivity contribution is 5.66. The molecule has 0 rings (SSSR count). The van der Waals surface area contributed by atoms with E-state index in [4.69, 9.17) is 5.11 Å². The van der Waals surface area contributed by atoms with Gasteiger partial charge in [0, 0.05) is 6.42 Å². The Morgan fingerprint density at radius 3 is 2.23 bits per heavy atom. The molecule has 4 nitrogen and oxygen atoms in total. The number of carboxylic acid groups (broad SMARTS) is 1. The van der Waals surface area contributed by atoms with E-state index in [0.29, 0.717) is 12.8 Å². The van der Waals surface area contributed by atoms with E-state index in [9.17, 15) is 15.0 Å². The second-order valence-corrected chi connectivity index (χ2v) is 5.66. The quantitative estimate of drug-likeness (QED) is 0.336. The summed E-state index contributed by atoms with van der Waals surface area (Å²) in [5, 5.41) is 27.5. The van der Waals surface area contributed by atoms with Gasteiger partial charge in [0.1, 0.15) is 0 Å². The zero-order chi connectivity index (χ0) is 16.6. The van der Waals surface area contributed by atoms with E-state index in [1.807, 2.05) is 19.1 Å². The summed E-state index contributed by atoms with van der Waals surface area (Å²) in [6, 6.07) is 0. The second-order valence-electron chi connectivity index (χ2n) is 5.66. The van der Waals surface area contributed by atoms with Gasteiger partial charge in [0.05, 0.1) is 12.2 Å². The summed E-state index contributed by atoms with van der Waals surface area (Å²) in [4.78, 5) is 10.3. The fraction of sp³-hybridized carbons (Fsp3) is 0.722. The third kappa shape index (κ3) is 13.8. The highest BCUT2D eigenvalue weighted by atomic mass is 16.4. The van der Waals surface area contributed by atoms with Gasteiger partial charge in [-0.1, -0.05) is 50.5 Å². The molecule has 0 aromatic rings. The van der Waals surface area contributed by atoms with Gasteiger partial charge in [-0.3, -0.25) is 4.79 Å². The molecule has 0 radical (unpaired) electrons. The number of aliphatic hydroxyl groups excluding tert-OH is 2. The van der Waals surface area contributed by atoms with Crippen LogP contribution in [0.3, 0.4) is 0 Å².